The Kier molecular flexibility index (Phi) is 20.6. The van der Waals surface area contributed by atoms with E-state index < -0.39 is 0 Å². The van der Waals surface area contributed by atoms with E-state index in [0.717, 1.165) is 89.6 Å². The van der Waals surface area contributed by atoms with Gasteiger partial charge in [-0.05, 0) is 86.6 Å². The summed E-state index contributed by atoms with van der Waals surface area (Å²) in [4.78, 5) is 1.29. The second-order valence-corrected chi connectivity index (χ2v) is 15.4. The van der Waals surface area contributed by atoms with E-state index >= 15 is 0 Å². The molecule has 0 spiro atoms. The summed E-state index contributed by atoms with van der Waals surface area (Å²) in [5.74, 6) is 0.979. The SMILES string of the molecule is CCCCOC[C@H]1S[C@@H](c2cc(Cc3ccc(SC)cc3)c(C)cc2OCCCC)[C@H](OCCCC)[C@@H](OCCCC)[C@@H]1OCCCC. The Morgan fingerprint density at radius 2 is 1.23 bits per heavy atom. The molecule has 1 aliphatic heterocycles. The summed E-state index contributed by atoms with van der Waals surface area (Å²) in [5, 5.41) is 0.142. The van der Waals surface area contributed by atoms with Gasteiger partial charge in [-0.25, -0.2) is 0 Å². The van der Waals surface area contributed by atoms with Gasteiger partial charge in [0.05, 0.1) is 23.7 Å². The highest BCUT2D eigenvalue weighted by Gasteiger charge is 2.49. The number of ether oxygens (including phenoxy) is 5. The number of hydrogen-bond acceptors (Lipinski definition) is 7. The first-order valence-corrected chi connectivity index (χ1v) is 21.1. The van der Waals surface area contributed by atoms with Crippen LogP contribution in [0.15, 0.2) is 41.3 Å². The molecule has 1 heterocycles. The molecular formula is C41H66O5S2. The molecule has 5 atom stereocenters. The molecule has 3 rings (SSSR count). The van der Waals surface area contributed by atoms with Crippen LogP contribution >= 0.6 is 23.5 Å². The molecule has 0 amide bonds. The third-order valence-corrected chi connectivity index (χ3v) is 11.4. The zero-order chi connectivity index (χ0) is 34.6. The molecule has 1 fully saturated rings. The van der Waals surface area contributed by atoms with E-state index in [9.17, 15) is 0 Å². The average molecular weight is 703 g/mol. The van der Waals surface area contributed by atoms with E-state index in [1.54, 1.807) is 11.8 Å². The lowest BCUT2D eigenvalue weighted by Gasteiger charge is -2.46. The van der Waals surface area contributed by atoms with Gasteiger partial charge in [-0.2, -0.15) is 0 Å². The Labute approximate surface area is 302 Å². The van der Waals surface area contributed by atoms with Crippen LogP contribution in [-0.2, 0) is 25.4 Å². The number of aryl methyl sites for hydroxylation is 1. The molecule has 0 radical (unpaired) electrons. The van der Waals surface area contributed by atoms with Gasteiger partial charge in [-0.1, -0.05) is 84.9 Å². The fourth-order valence-corrected chi connectivity index (χ4v) is 8.05. The monoisotopic (exact) mass is 702 g/mol. The van der Waals surface area contributed by atoms with Crippen LogP contribution in [0.1, 0.15) is 126 Å². The minimum Gasteiger partial charge on any atom is -0.493 e. The Morgan fingerprint density at radius 3 is 1.83 bits per heavy atom. The third kappa shape index (κ3) is 13.2. The van der Waals surface area contributed by atoms with E-state index in [-0.39, 0.29) is 28.8 Å². The van der Waals surface area contributed by atoms with E-state index in [4.69, 9.17) is 23.7 Å². The average Bonchev–Trinajstić information content (AvgIpc) is 3.09. The minimum atomic E-state index is -0.191. The molecule has 0 aromatic heterocycles. The topological polar surface area (TPSA) is 46.2 Å². The molecular weight excluding hydrogens is 637 g/mol. The van der Waals surface area contributed by atoms with E-state index in [1.165, 1.54) is 27.1 Å². The Hall–Kier alpha value is -1.22. The quantitative estimate of drug-likeness (QED) is 0.0754. The lowest BCUT2D eigenvalue weighted by atomic mass is 9.91. The molecule has 2 aromatic rings. The predicted molar refractivity (Wildman–Crippen MR) is 206 cm³/mol. The Bertz CT molecular complexity index is 1130. The highest BCUT2D eigenvalue weighted by Crippen LogP contribution is 2.50. The van der Waals surface area contributed by atoms with Crippen molar-refractivity contribution in [2.75, 3.05) is 45.9 Å². The zero-order valence-electron chi connectivity index (χ0n) is 31.2. The van der Waals surface area contributed by atoms with Crippen molar-refractivity contribution in [1.82, 2.24) is 0 Å². The maximum atomic E-state index is 6.93. The van der Waals surface area contributed by atoms with Crippen LogP contribution in [0.25, 0.3) is 0 Å². The van der Waals surface area contributed by atoms with Gasteiger partial charge in [0, 0.05) is 36.9 Å². The summed E-state index contributed by atoms with van der Waals surface area (Å²) in [6.07, 6.45) is 13.2. The van der Waals surface area contributed by atoms with Crippen molar-refractivity contribution in [3.8, 4) is 5.75 Å². The minimum absolute atomic E-state index is 0.0223. The molecule has 1 aliphatic rings. The fraction of sp³-hybridized carbons (Fsp3) is 0.707. The van der Waals surface area contributed by atoms with Gasteiger partial charge in [-0.15, -0.1) is 23.5 Å². The van der Waals surface area contributed by atoms with Crippen molar-refractivity contribution >= 4 is 23.5 Å². The number of hydrogen-bond donors (Lipinski definition) is 0. The number of benzene rings is 2. The number of unbranched alkanes of at least 4 members (excludes halogenated alkanes) is 5. The lowest BCUT2D eigenvalue weighted by Crippen LogP contribution is -2.55. The first kappa shape index (κ1) is 41.2. The summed E-state index contributed by atoms with van der Waals surface area (Å²) in [6, 6.07) is 13.7. The van der Waals surface area contributed by atoms with E-state index in [0.29, 0.717) is 26.4 Å². The predicted octanol–water partition coefficient (Wildman–Crippen LogP) is 11.0. The number of thioether (sulfide) groups is 2. The molecule has 0 aliphatic carbocycles. The Morgan fingerprint density at radius 1 is 0.667 bits per heavy atom. The van der Waals surface area contributed by atoms with E-state index in [2.05, 4.69) is 84.2 Å². The third-order valence-electron chi connectivity index (χ3n) is 9.07. The van der Waals surface area contributed by atoms with Crippen LogP contribution in [0.3, 0.4) is 0 Å². The van der Waals surface area contributed by atoms with Gasteiger partial charge in [0.25, 0.3) is 0 Å². The Balaban J connectivity index is 2.12. The first-order chi connectivity index (χ1) is 23.5. The maximum absolute atomic E-state index is 6.93. The first-order valence-electron chi connectivity index (χ1n) is 19.0. The molecule has 2 aromatic carbocycles. The second kappa shape index (κ2) is 24.1. The summed E-state index contributed by atoms with van der Waals surface area (Å²) in [5.41, 5.74) is 5.13. The molecule has 0 unspecified atom stereocenters. The summed E-state index contributed by atoms with van der Waals surface area (Å²) in [6.45, 7) is 17.6. The van der Waals surface area contributed by atoms with Crippen LogP contribution < -0.4 is 4.74 Å². The molecule has 48 heavy (non-hydrogen) atoms. The van der Waals surface area contributed by atoms with Crippen LogP contribution in [0.4, 0.5) is 0 Å². The van der Waals surface area contributed by atoms with Gasteiger partial charge in [0.15, 0.2) is 0 Å². The van der Waals surface area contributed by atoms with Crippen molar-refractivity contribution in [2.45, 2.75) is 146 Å². The highest BCUT2D eigenvalue weighted by molar-refractivity contribution is 8.00. The van der Waals surface area contributed by atoms with Crippen molar-refractivity contribution < 1.29 is 23.7 Å². The van der Waals surface area contributed by atoms with Crippen molar-refractivity contribution in [3.63, 3.8) is 0 Å². The van der Waals surface area contributed by atoms with Crippen LogP contribution in [-0.4, -0.2) is 69.5 Å². The maximum Gasteiger partial charge on any atom is 0.123 e. The second-order valence-electron chi connectivity index (χ2n) is 13.1. The van der Waals surface area contributed by atoms with Gasteiger partial charge in [-0.3, -0.25) is 0 Å². The molecule has 7 heteroatoms. The zero-order valence-corrected chi connectivity index (χ0v) is 32.9. The molecule has 1 saturated heterocycles. The standard InChI is InChI=1S/C41H66O5S2/c1-8-13-22-42-30-37-38(44-24-15-10-3)39(45-25-16-11-4)40(46-26-17-12-5)41(48-37)35-29-33(28-32-18-20-34(47-7)21-19-32)31(6)27-36(35)43-23-14-9-2/h18-21,27,29,37-41H,8-17,22-26,28,30H2,1-7H3/t37-,38-,39+,40-,41+/m1/s1. The van der Waals surface area contributed by atoms with Crippen LogP contribution in [0.2, 0.25) is 0 Å². The van der Waals surface area contributed by atoms with Gasteiger partial charge < -0.3 is 23.7 Å². The highest BCUT2D eigenvalue weighted by atomic mass is 32.2. The normalized spacial score (nSPS) is 21.1. The van der Waals surface area contributed by atoms with Gasteiger partial charge >= 0.3 is 0 Å². The fourth-order valence-electron chi connectivity index (χ4n) is 5.98. The molecule has 272 valence electrons. The van der Waals surface area contributed by atoms with Crippen molar-refractivity contribution in [3.05, 3.63) is 58.7 Å². The van der Waals surface area contributed by atoms with Gasteiger partial charge in [0.2, 0.25) is 0 Å². The lowest BCUT2D eigenvalue weighted by molar-refractivity contribution is -0.149. The number of rotatable bonds is 25. The molecule has 0 bridgehead atoms. The molecule has 0 N–H and O–H groups in total. The smallest absolute Gasteiger partial charge is 0.123 e. The van der Waals surface area contributed by atoms with Crippen molar-refractivity contribution in [1.29, 1.82) is 0 Å². The van der Waals surface area contributed by atoms with Gasteiger partial charge in [0.1, 0.15) is 24.1 Å². The summed E-state index contributed by atoms with van der Waals surface area (Å²) < 4.78 is 33.6. The van der Waals surface area contributed by atoms with E-state index in [1.807, 2.05) is 11.8 Å². The van der Waals surface area contributed by atoms with Crippen LogP contribution in [0.5, 0.6) is 5.75 Å². The molecule has 0 saturated carbocycles. The summed E-state index contributed by atoms with van der Waals surface area (Å²) >= 11 is 3.74. The molecule has 5 nitrogen and oxygen atoms in total. The summed E-state index contributed by atoms with van der Waals surface area (Å²) in [7, 11) is 0. The largest absolute Gasteiger partial charge is 0.493 e. The van der Waals surface area contributed by atoms with Crippen LogP contribution in [0, 0.1) is 6.92 Å². The van der Waals surface area contributed by atoms with Crippen molar-refractivity contribution in [2.24, 2.45) is 0 Å².